The number of hydrogen-bond donors (Lipinski definition) is 1. The summed E-state index contributed by atoms with van der Waals surface area (Å²) in [5, 5.41) is 5.56. The Morgan fingerprint density at radius 1 is 1.36 bits per heavy atom. The van der Waals surface area contributed by atoms with E-state index < -0.39 is 0 Å². The quantitative estimate of drug-likeness (QED) is 0.804. The predicted octanol–water partition coefficient (Wildman–Crippen LogP) is 3.03. The summed E-state index contributed by atoms with van der Waals surface area (Å²) in [6, 6.07) is 11.3. The monoisotopic (exact) mass is 338 g/mol. The number of benzene rings is 1. The van der Waals surface area contributed by atoms with E-state index in [1.165, 1.54) is 0 Å². The highest BCUT2D eigenvalue weighted by molar-refractivity contribution is 7.09. The van der Waals surface area contributed by atoms with E-state index >= 15 is 0 Å². The number of likely N-dealkylation sites (N-methyl/N-ethyl adjacent to an activating group) is 1. The second-order valence-electron chi connectivity index (χ2n) is 4.90. The van der Waals surface area contributed by atoms with Crippen LogP contribution in [0.5, 0.6) is 5.75 Å². The van der Waals surface area contributed by atoms with Crippen LogP contribution in [0, 0.1) is 0 Å². The molecule has 0 atom stereocenters. The summed E-state index contributed by atoms with van der Waals surface area (Å²) in [7, 11) is 1.89. The molecule has 1 heterocycles. The van der Waals surface area contributed by atoms with Gasteiger partial charge in [0.25, 0.3) is 0 Å². The number of nitrogens with zero attached hydrogens (tertiary/aromatic N) is 1. The van der Waals surface area contributed by atoms with Crippen LogP contribution in [-0.4, -0.2) is 37.6 Å². The topological polar surface area (TPSA) is 41.6 Å². The van der Waals surface area contributed by atoms with Crippen LogP contribution in [0.2, 0.25) is 5.02 Å². The number of rotatable bonds is 8. The zero-order chi connectivity index (χ0) is 15.8. The molecule has 22 heavy (non-hydrogen) atoms. The molecular formula is C16H19ClN2O2S. The molecule has 0 saturated carbocycles. The van der Waals surface area contributed by atoms with E-state index in [-0.39, 0.29) is 5.91 Å². The second kappa shape index (κ2) is 8.78. The van der Waals surface area contributed by atoms with Gasteiger partial charge in [0, 0.05) is 16.4 Å². The first-order valence-electron chi connectivity index (χ1n) is 6.99. The first-order chi connectivity index (χ1) is 10.6. The third kappa shape index (κ3) is 6.05. The molecule has 0 bridgehead atoms. The molecule has 6 heteroatoms. The van der Waals surface area contributed by atoms with Crippen molar-refractivity contribution in [2.75, 3.05) is 26.7 Å². The molecule has 1 N–H and O–H groups in total. The van der Waals surface area contributed by atoms with E-state index in [0.717, 1.165) is 10.6 Å². The van der Waals surface area contributed by atoms with Crippen LogP contribution in [0.1, 0.15) is 4.88 Å². The highest BCUT2D eigenvalue weighted by atomic mass is 35.5. The van der Waals surface area contributed by atoms with Crippen LogP contribution in [-0.2, 0) is 11.3 Å². The van der Waals surface area contributed by atoms with Crippen molar-refractivity contribution in [2.45, 2.75) is 6.54 Å². The first kappa shape index (κ1) is 16.8. The van der Waals surface area contributed by atoms with Gasteiger partial charge in [-0.1, -0.05) is 23.7 Å². The van der Waals surface area contributed by atoms with Crippen LogP contribution in [0.3, 0.4) is 0 Å². The Labute approximate surface area is 139 Å². The maximum Gasteiger partial charge on any atom is 0.234 e. The van der Waals surface area contributed by atoms with E-state index in [2.05, 4.69) is 5.32 Å². The lowest BCUT2D eigenvalue weighted by molar-refractivity contribution is -0.122. The Morgan fingerprint density at radius 2 is 2.23 bits per heavy atom. The lowest BCUT2D eigenvalue weighted by Crippen LogP contribution is -2.36. The van der Waals surface area contributed by atoms with Gasteiger partial charge in [-0.2, -0.15) is 0 Å². The fourth-order valence-corrected chi connectivity index (χ4v) is 2.68. The lowest BCUT2D eigenvalue weighted by atomic mass is 10.3. The highest BCUT2D eigenvalue weighted by Gasteiger charge is 2.07. The van der Waals surface area contributed by atoms with E-state index in [0.29, 0.717) is 31.3 Å². The molecule has 0 aliphatic rings. The summed E-state index contributed by atoms with van der Waals surface area (Å²) in [4.78, 5) is 14.9. The Hall–Kier alpha value is -1.56. The van der Waals surface area contributed by atoms with Crippen molar-refractivity contribution in [3.8, 4) is 5.75 Å². The Kier molecular flexibility index (Phi) is 6.71. The molecule has 0 fully saturated rings. The normalized spacial score (nSPS) is 10.7. The zero-order valence-corrected chi connectivity index (χ0v) is 14.0. The third-order valence-electron chi connectivity index (χ3n) is 2.99. The molecule has 1 aromatic heterocycles. The SMILES string of the molecule is CN(CCOc1cccc(Cl)c1)CC(=O)NCc1cccs1. The maximum absolute atomic E-state index is 11.8. The van der Waals surface area contributed by atoms with Crippen LogP contribution in [0.4, 0.5) is 0 Å². The number of halogens is 1. The van der Waals surface area contributed by atoms with Crippen LogP contribution in [0.25, 0.3) is 0 Å². The molecule has 118 valence electrons. The summed E-state index contributed by atoms with van der Waals surface area (Å²) >= 11 is 7.53. The molecule has 0 aliphatic heterocycles. The number of thiophene rings is 1. The van der Waals surface area contributed by atoms with Gasteiger partial charge in [0.2, 0.25) is 5.91 Å². The molecule has 0 unspecified atom stereocenters. The van der Waals surface area contributed by atoms with Gasteiger partial charge in [-0.15, -0.1) is 11.3 Å². The number of carbonyl (C=O) groups excluding carboxylic acids is 1. The van der Waals surface area contributed by atoms with Gasteiger partial charge in [-0.05, 0) is 36.7 Å². The average molecular weight is 339 g/mol. The van der Waals surface area contributed by atoms with Gasteiger partial charge < -0.3 is 10.1 Å². The van der Waals surface area contributed by atoms with Gasteiger partial charge in [0.1, 0.15) is 12.4 Å². The minimum absolute atomic E-state index is 0.0126. The van der Waals surface area contributed by atoms with Crippen molar-refractivity contribution in [3.63, 3.8) is 0 Å². The summed E-state index contributed by atoms with van der Waals surface area (Å²) in [5.74, 6) is 0.752. The molecule has 0 radical (unpaired) electrons. The minimum Gasteiger partial charge on any atom is -0.492 e. The van der Waals surface area contributed by atoms with Crippen molar-refractivity contribution in [2.24, 2.45) is 0 Å². The van der Waals surface area contributed by atoms with Gasteiger partial charge >= 0.3 is 0 Å². The molecule has 1 aromatic carbocycles. The molecule has 2 rings (SSSR count). The van der Waals surface area contributed by atoms with E-state index in [1.807, 2.05) is 41.6 Å². The standard InChI is InChI=1S/C16H19ClN2O2S/c1-19(7-8-21-14-5-2-4-13(17)10-14)12-16(20)18-11-15-6-3-9-22-15/h2-6,9-10H,7-8,11-12H2,1H3,(H,18,20). The number of carbonyl (C=O) groups is 1. The van der Waals surface area contributed by atoms with Crippen molar-refractivity contribution >= 4 is 28.8 Å². The number of hydrogen-bond acceptors (Lipinski definition) is 4. The lowest BCUT2D eigenvalue weighted by Gasteiger charge is -2.16. The Balaban J connectivity index is 1.62. The largest absolute Gasteiger partial charge is 0.492 e. The highest BCUT2D eigenvalue weighted by Crippen LogP contribution is 2.16. The smallest absolute Gasteiger partial charge is 0.234 e. The predicted molar refractivity (Wildman–Crippen MR) is 90.6 cm³/mol. The molecular weight excluding hydrogens is 320 g/mol. The van der Waals surface area contributed by atoms with Gasteiger partial charge in [-0.25, -0.2) is 0 Å². The Bertz CT molecular complexity index is 590. The van der Waals surface area contributed by atoms with Gasteiger partial charge in [0.15, 0.2) is 0 Å². The van der Waals surface area contributed by atoms with Gasteiger partial charge in [-0.3, -0.25) is 9.69 Å². The van der Waals surface area contributed by atoms with Crippen LogP contribution < -0.4 is 10.1 Å². The number of ether oxygens (including phenoxy) is 1. The molecule has 0 aliphatic carbocycles. The van der Waals surface area contributed by atoms with E-state index in [4.69, 9.17) is 16.3 Å². The third-order valence-corrected chi connectivity index (χ3v) is 4.10. The maximum atomic E-state index is 11.8. The fourth-order valence-electron chi connectivity index (χ4n) is 1.86. The molecule has 2 aromatic rings. The summed E-state index contributed by atoms with van der Waals surface area (Å²) in [5.41, 5.74) is 0. The van der Waals surface area contributed by atoms with E-state index in [9.17, 15) is 4.79 Å². The first-order valence-corrected chi connectivity index (χ1v) is 8.25. The molecule has 0 spiro atoms. The fraction of sp³-hybridized carbons (Fsp3) is 0.312. The molecule has 1 amide bonds. The number of amides is 1. The van der Waals surface area contributed by atoms with Gasteiger partial charge in [0.05, 0.1) is 13.1 Å². The minimum atomic E-state index is 0.0126. The summed E-state index contributed by atoms with van der Waals surface area (Å²) < 4.78 is 5.60. The molecule has 4 nitrogen and oxygen atoms in total. The van der Waals surface area contributed by atoms with Crippen LogP contribution >= 0.6 is 22.9 Å². The second-order valence-corrected chi connectivity index (χ2v) is 6.37. The Morgan fingerprint density at radius 3 is 2.95 bits per heavy atom. The van der Waals surface area contributed by atoms with Crippen molar-refractivity contribution in [1.82, 2.24) is 10.2 Å². The van der Waals surface area contributed by atoms with E-state index in [1.54, 1.807) is 23.5 Å². The van der Waals surface area contributed by atoms with Crippen molar-refractivity contribution in [3.05, 3.63) is 51.7 Å². The average Bonchev–Trinajstić information content (AvgIpc) is 2.98. The molecule has 0 saturated heterocycles. The summed E-state index contributed by atoms with van der Waals surface area (Å²) in [6.07, 6.45) is 0. The summed E-state index contributed by atoms with van der Waals surface area (Å²) in [6.45, 7) is 2.11. The zero-order valence-electron chi connectivity index (χ0n) is 12.4. The van der Waals surface area contributed by atoms with Crippen molar-refractivity contribution < 1.29 is 9.53 Å². The van der Waals surface area contributed by atoms with Crippen molar-refractivity contribution in [1.29, 1.82) is 0 Å². The van der Waals surface area contributed by atoms with Crippen LogP contribution in [0.15, 0.2) is 41.8 Å². The number of nitrogens with one attached hydrogen (secondary N) is 1.